The van der Waals surface area contributed by atoms with Crippen LogP contribution < -0.4 is 14.8 Å². The number of likely N-dealkylation sites (N-methyl/N-ethyl adjacent to an activating group) is 1. The summed E-state index contributed by atoms with van der Waals surface area (Å²) in [7, 11) is 5.73. The predicted molar refractivity (Wildman–Crippen MR) is 102 cm³/mol. The van der Waals surface area contributed by atoms with Crippen LogP contribution in [-0.2, 0) is 6.54 Å². The molecule has 1 aromatic heterocycles. The summed E-state index contributed by atoms with van der Waals surface area (Å²) in [6.45, 7) is 2.66. The van der Waals surface area contributed by atoms with Crippen LogP contribution in [0.1, 0.15) is 5.56 Å². The van der Waals surface area contributed by atoms with Gasteiger partial charge in [0.1, 0.15) is 0 Å². The molecule has 0 spiro atoms. The monoisotopic (exact) mass is 368 g/mol. The van der Waals surface area contributed by atoms with Gasteiger partial charge >= 0.3 is 6.01 Å². The second-order valence-electron chi connectivity index (χ2n) is 6.28. The molecule has 8 heteroatoms. The third-order valence-electron chi connectivity index (χ3n) is 3.94. The molecular weight excluding hydrogens is 344 g/mol. The zero-order valence-corrected chi connectivity index (χ0v) is 15.8. The molecule has 1 heterocycles. The van der Waals surface area contributed by atoms with E-state index >= 15 is 0 Å². The van der Waals surface area contributed by atoms with E-state index < -0.39 is 0 Å². The van der Waals surface area contributed by atoms with Crippen molar-refractivity contribution in [2.24, 2.45) is 0 Å². The van der Waals surface area contributed by atoms with E-state index in [2.05, 4.69) is 39.8 Å². The first kappa shape index (κ1) is 18.8. The number of hydrogen-bond donors (Lipinski definition) is 1. The average Bonchev–Trinajstić information content (AvgIpc) is 3.15. The fraction of sp³-hybridized carbons (Fsp3) is 0.316. The lowest BCUT2D eigenvalue weighted by atomic mass is 10.2. The Morgan fingerprint density at radius 3 is 2.63 bits per heavy atom. The third kappa shape index (κ3) is 5.02. The topological polar surface area (TPSA) is 77.3 Å². The van der Waals surface area contributed by atoms with E-state index in [1.165, 1.54) is 4.68 Å². The van der Waals surface area contributed by atoms with Gasteiger partial charge < -0.3 is 19.7 Å². The molecule has 0 fully saturated rings. The Hall–Kier alpha value is -2.97. The molecule has 27 heavy (non-hydrogen) atoms. The SMILES string of the molecule is COc1cc(CNCCN(C)C)ccc1Oc1nnnn1-c1ccccc1. The van der Waals surface area contributed by atoms with E-state index in [-0.39, 0.29) is 6.01 Å². The zero-order chi connectivity index (χ0) is 19.1. The standard InChI is InChI=1S/C19H24N6O2/c1-24(2)12-11-20-14-15-9-10-17(18(13-15)26-3)27-19-21-22-23-25(19)16-7-5-4-6-8-16/h4-10,13,20H,11-12,14H2,1-3H3. The summed E-state index contributed by atoms with van der Waals surface area (Å²) >= 11 is 0. The molecule has 2 aromatic carbocycles. The molecular formula is C19H24N6O2. The number of nitrogens with zero attached hydrogens (tertiary/aromatic N) is 5. The minimum atomic E-state index is 0.274. The van der Waals surface area contributed by atoms with E-state index in [0.29, 0.717) is 11.5 Å². The van der Waals surface area contributed by atoms with E-state index in [0.717, 1.165) is 30.9 Å². The van der Waals surface area contributed by atoms with Crippen molar-refractivity contribution < 1.29 is 9.47 Å². The quantitative estimate of drug-likeness (QED) is 0.580. The van der Waals surface area contributed by atoms with Crippen LogP contribution in [0.4, 0.5) is 0 Å². The van der Waals surface area contributed by atoms with Gasteiger partial charge in [0.25, 0.3) is 0 Å². The summed E-state index contributed by atoms with van der Waals surface area (Å²) in [4.78, 5) is 2.14. The van der Waals surface area contributed by atoms with Gasteiger partial charge in [0, 0.05) is 19.6 Å². The molecule has 0 aliphatic heterocycles. The predicted octanol–water partition coefficient (Wildman–Crippen LogP) is 2.11. The lowest BCUT2D eigenvalue weighted by molar-refractivity contribution is 0.362. The van der Waals surface area contributed by atoms with Crippen LogP contribution >= 0.6 is 0 Å². The van der Waals surface area contributed by atoms with Gasteiger partial charge in [-0.2, -0.15) is 4.68 Å². The Labute approximate surface area is 158 Å². The van der Waals surface area contributed by atoms with Gasteiger partial charge in [0.15, 0.2) is 11.5 Å². The normalized spacial score (nSPS) is 11.0. The highest BCUT2D eigenvalue weighted by Crippen LogP contribution is 2.32. The number of rotatable bonds is 9. The molecule has 1 N–H and O–H groups in total. The van der Waals surface area contributed by atoms with Gasteiger partial charge in [-0.15, -0.1) is 0 Å². The van der Waals surface area contributed by atoms with Crippen LogP contribution in [0.25, 0.3) is 5.69 Å². The lowest BCUT2D eigenvalue weighted by Crippen LogP contribution is -2.26. The van der Waals surface area contributed by atoms with E-state index in [9.17, 15) is 0 Å². The molecule has 0 saturated heterocycles. The molecule has 0 aliphatic carbocycles. The first-order valence-electron chi connectivity index (χ1n) is 8.71. The van der Waals surface area contributed by atoms with Gasteiger partial charge in [-0.25, -0.2) is 0 Å². The van der Waals surface area contributed by atoms with Crippen LogP contribution in [0, 0.1) is 0 Å². The van der Waals surface area contributed by atoms with Gasteiger partial charge in [0.05, 0.1) is 12.8 Å². The molecule has 0 bridgehead atoms. The number of ether oxygens (including phenoxy) is 2. The maximum Gasteiger partial charge on any atom is 0.346 e. The van der Waals surface area contributed by atoms with Crippen LogP contribution in [0.2, 0.25) is 0 Å². The summed E-state index contributed by atoms with van der Waals surface area (Å²) in [6.07, 6.45) is 0. The highest BCUT2D eigenvalue weighted by Gasteiger charge is 2.14. The van der Waals surface area contributed by atoms with Crippen molar-refractivity contribution in [2.75, 3.05) is 34.3 Å². The van der Waals surface area contributed by atoms with Gasteiger partial charge in [-0.1, -0.05) is 29.4 Å². The van der Waals surface area contributed by atoms with Crippen molar-refractivity contribution >= 4 is 0 Å². The van der Waals surface area contributed by atoms with Crippen molar-refractivity contribution in [3.8, 4) is 23.2 Å². The minimum Gasteiger partial charge on any atom is -0.493 e. The Morgan fingerprint density at radius 2 is 1.89 bits per heavy atom. The highest BCUT2D eigenvalue weighted by atomic mass is 16.5. The molecule has 0 atom stereocenters. The van der Waals surface area contributed by atoms with E-state index in [1.54, 1.807) is 7.11 Å². The average molecular weight is 368 g/mol. The lowest BCUT2D eigenvalue weighted by Gasteiger charge is -2.13. The molecule has 142 valence electrons. The fourth-order valence-electron chi connectivity index (χ4n) is 2.51. The third-order valence-corrected chi connectivity index (χ3v) is 3.94. The van der Waals surface area contributed by atoms with Crippen LogP contribution in [-0.4, -0.2) is 59.4 Å². The van der Waals surface area contributed by atoms with Crippen molar-refractivity contribution in [3.05, 3.63) is 54.1 Å². The molecule has 3 aromatic rings. The molecule has 0 radical (unpaired) electrons. The molecule has 3 rings (SSSR count). The summed E-state index contributed by atoms with van der Waals surface area (Å²) in [5, 5.41) is 15.1. The second kappa shape index (κ2) is 9.11. The maximum atomic E-state index is 5.91. The Kier molecular flexibility index (Phi) is 6.35. The molecule has 8 nitrogen and oxygen atoms in total. The number of methoxy groups -OCH3 is 1. The van der Waals surface area contributed by atoms with Crippen LogP contribution in [0.3, 0.4) is 0 Å². The zero-order valence-electron chi connectivity index (χ0n) is 15.8. The second-order valence-corrected chi connectivity index (χ2v) is 6.28. The molecule has 0 aliphatic rings. The highest BCUT2D eigenvalue weighted by molar-refractivity contribution is 5.44. The number of hydrogen-bond acceptors (Lipinski definition) is 7. The summed E-state index contributed by atoms with van der Waals surface area (Å²) in [5.74, 6) is 1.19. The first-order chi connectivity index (χ1) is 13.2. The smallest absolute Gasteiger partial charge is 0.346 e. The van der Waals surface area contributed by atoms with Crippen molar-refractivity contribution in [1.29, 1.82) is 0 Å². The van der Waals surface area contributed by atoms with Crippen molar-refractivity contribution in [3.63, 3.8) is 0 Å². The Bertz CT molecular complexity index is 850. The maximum absolute atomic E-state index is 5.91. The summed E-state index contributed by atoms with van der Waals surface area (Å²) < 4.78 is 12.9. The number of para-hydroxylation sites is 1. The van der Waals surface area contributed by atoms with Gasteiger partial charge in [-0.05, 0) is 54.4 Å². The number of benzene rings is 2. The van der Waals surface area contributed by atoms with Gasteiger partial charge in [-0.3, -0.25) is 0 Å². The Morgan fingerprint density at radius 1 is 1.07 bits per heavy atom. The molecule has 0 unspecified atom stereocenters. The number of nitrogens with one attached hydrogen (secondary N) is 1. The summed E-state index contributed by atoms with van der Waals surface area (Å²) in [5.41, 5.74) is 1.93. The minimum absolute atomic E-state index is 0.274. The number of aromatic nitrogens is 4. The summed E-state index contributed by atoms with van der Waals surface area (Å²) in [6, 6.07) is 15.7. The van der Waals surface area contributed by atoms with Crippen LogP contribution in [0.15, 0.2) is 48.5 Å². The first-order valence-corrected chi connectivity index (χ1v) is 8.71. The van der Waals surface area contributed by atoms with Crippen LogP contribution in [0.5, 0.6) is 17.5 Å². The largest absolute Gasteiger partial charge is 0.493 e. The van der Waals surface area contributed by atoms with E-state index in [4.69, 9.17) is 9.47 Å². The van der Waals surface area contributed by atoms with Crippen molar-refractivity contribution in [2.45, 2.75) is 6.54 Å². The molecule has 0 saturated carbocycles. The molecule has 0 amide bonds. The van der Waals surface area contributed by atoms with Gasteiger partial charge in [0.2, 0.25) is 0 Å². The van der Waals surface area contributed by atoms with E-state index in [1.807, 2.05) is 48.5 Å². The number of tetrazole rings is 1. The Balaban J connectivity index is 1.72. The van der Waals surface area contributed by atoms with Crippen molar-refractivity contribution in [1.82, 2.24) is 30.4 Å². The fourth-order valence-corrected chi connectivity index (χ4v) is 2.51.